The van der Waals surface area contributed by atoms with Crippen LogP contribution in [0.4, 0.5) is 5.69 Å². The monoisotopic (exact) mass is 456 g/mol. The summed E-state index contributed by atoms with van der Waals surface area (Å²) in [7, 11) is -2.42. The Morgan fingerprint density at radius 3 is 2.12 bits per heavy atom. The maximum Gasteiger partial charge on any atom is 0.252 e. The predicted octanol–water partition coefficient (Wildman–Crippen LogP) is 3.74. The van der Waals surface area contributed by atoms with Gasteiger partial charge < -0.3 is 4.74 Å². The van der Waals surface area contributed by atoms with Crippen molar-refractivity contribution in [3.05, 3.63) is 54.6 Å². The normalized spacial score (nSPS) is 20.6. The van der Waals surface area contributed by atoms with Crippen LogP contribution < -0.4 is 9.64 Å². The summed E-state index contributed by atoms with van der Waals surface area (Å²) in [5, 5.41) is 0. The summed E-state index contributed by atoms with van der Waals surface area (Å²) in [4.78, 5) is 27.7. The number of anilines is 1. The van der Waals surface area contributed by atoms with E-state index in [1.165, 1.54) is 11.4 Å². The van der Waals surface area contributed by atoms with E-state index < -0.39 is 27.9 Å². The minimum absolute atomic E-state index is 0.146. The van der Waals surface area contributed by atoms with Crippen LogP contribution >= 0.6 is 0 Å². The molecule has 2 amide bonds. The first-order valence-corrected chi connectivity index (χ1v) is 12.5. The number of hydrogen-bond donors (Lipinski definition) is 0. The van der Waals surface area contributed by atoms with Crippen LogP contribution in [0, 0.1) is 0 Å². The van der Waals surface area contributed by atoms with Crippen molar-refractivity contribution in [2.75, 3.05) is 12.0 Å². The first-order chi connectivity index (χ1) is 15.4. The van der Waals surface area contributed by atoms with Crippen LogP contribution in [-0.4, -0.2) is 43.7 Å². The molecule has 8 heteroatoms. The zero-order chi connectivity index (χ0) is 22.7. The average Bonchev–Trinajstić information content (AvgIpc) is 2.97. The van der Waals surface area contributed by atoms with Gasteiger partial charge in [-0.3, -0.25) is 9.59 Å². The fourth-order valence-electron chi connectivity index (χ4n) is 4.66. The highest BCUT2D eigenvalue weighted by molar-refractivity contribution is 7.89. The first-order valence-electron chi connectivity index (χ1n) is 11.0. The number of imide groups is 1. The van der Waals surface area contributed by atoms with Gasteiger partial charge in [0.15, 0.2) is 0 Å². The molecule has 1 aliphatic carbocycles. The predicted molar refractivity (Wildman–Crippen MR) is 121 cm³/mol. The van der Waals surface area contributed by atoms with Crippen molar-refractivity contribution < 1.29 is 22.7 Å². The Hall–Kier alpha value is -2.71. The molecular formula is C24H28N2O5S. The highest BCUT2D eigenvalue weighted by Crippen LogP contribution is 2.35. The van der Waals surface area contributed by atoms with Gasteiger partial charge in [0.2, 0.25) is 15.9 Å². The van der Waals surface area contributed by atoms with E-state index in [4.69, 9.17) is 4.74 Å². The molecule has 1 saturated heterocycles. The average molecular weight is 457 g/mol. The highest BCUT2D eigenvalue weighted by Gasteiger charge is 2.49. The van der Waals surface area contributed by atoms with Crippen molar-refractivity contribution in [3.8, 4) is 5.75 Å². The first kappa shape index (κ1) is 22.5. The van der Waals surface area contributed by atoms with E-state index in [2.05, 4.69) is 0 Å². The van der Waals surface area contributed by atoms with Gasteiger partial charge in [-0.25, -0.2) is 13.3 Å². The Morgan fingerprint density at radius 2 is 1.53 bits per heavy atom. The van der Waals surface area contributed by atoms with Gasteiger partial charge in [0.25, 0.3) is 5.91 Å². The third-order valence-corrected chi connectivity index (χ3v) is 8.24. The van der Waals surface area contributed by atoms with Crippen molar-refractivity contribution in [1.29, 1.82) is 0 Å². The van der Waals surface area contributed by atoms with E-state index >= 15 is 0 Å². The molecule has 1 atom stereocenters. The quantitative estimate of drug-likeness (QED) is 0.488. The van der Waals surface area contributed by atoms with Crippen LogP contribution in [-0.2, 0) is 19.6 Å². The lowest BCUT2D eigenvalue weighted by atomic mass is 10.1. The Labute approximate surface area is 189 Å². The van der Waals surface area contributed by atoms with Crippen molar-refractivity contribution in [3.63, 3.8) is 0 Å². The van der Waals surface area contributed by atoms with Gasteiger partial charge in [0.1, 0.15) is 11.8 Å². The van der Waals surface area contributed by atoms with Gasteiger partial charge in [0.05, 0.1) is 24.1 Å². The summed E-state index contributed by atoms with van der Waals surface area (Å²) in [6.45, 7) is 0. The topological polar surface area (TPSA) is 84.0 Å². The summed E-state index contributed by atoms with van der Waals surface area (Å²) < 4.78 is 34.0. The number of ether oxygens (including phenoxy) is 1. The molecule has 2 aliphatic rings. The lowest BCUT2D eigenvalue weighted by Gasteiger charge is -2.33. The van der Waals surface area contributed by atoms with Gasteiger partial charge in [-0.15, -0.1) is 0 Å². The maximum atomic E-state index is 13.7. The van der Waals surface area contributed by atoms with E-state index in [9.17, 15) is 18.0 Å². The molecule has 1 heterocycles. The molecule has 0 bridgehead atoms. The van der Waals surface area contributed by atoms with Gasteiger partial charge in [-0.1, -0.05) is 43.9 Å². The molecule has 1 aliphatic heterocycles. The number of carbonyl (C=O) groups is 2. The molecule has 1 unspecified atom stereocenters. The number of sulfonamides is 1. The van der Waals surface area contributed by atoms with E-state index in [0.29, 0.717) is 24.3 Å². The lowest BCUT2D eigenvalue weighted by Crippen LogP contribution is -2.50. The van der Waals surface area contributed by atoms with E-state index in [1.54, 1.807) is 54.6 Å². The molecule has 0 radical (unpaired) electrons. The summed E-state index contributed by atoms with van der Waals surface area (Å²) in [5.74, 6) is -0.285. The van der Waals surface area contributed by atoms with Crippen LogP contribution in [0.25, 0.3) is 0 Å². The summed E-state index contributed by atoms with van der Waals surface area (Å²) in [5.41, 5.74) is 0.418. The SMILES string of the molecule is COc1ccc(N2C(=O)CC(N(C3CCCCCC3)S(=O)(=O)c3ccccc3)C2=O)cc1. The Balaban J connectivity index is 1.72. The minimum Gasteiger partial charge on any atom is -0.497 e. The third kappa shape index (κ3) is 4.29. The van der Waals surface area contributed by atoms with Crippen molar-refractivity contribution in [1.82, 2.24) is 4.31 Å². The Kier molecular flexibility index (Phi) is 6.62. The third-order valence-electron chi connectivity index (χ3n) is 6.26. The Bertz CT molecular complexity index is 1060. The molecule has 170 valence electrons. The molecule has 0 spiro atoms. The van der Waals surface area contributed by atoms with Crippen LogP contribution in [0.1, 0.15) is 44.9 Å². The second kappa shape index (κ2) is 9.42. The molecule has 2 aromatic carbocycles. The van der Waals surface area contributed by atoms with Crippen LogP contribution in [0.15, 0.2) is 59.5 Å². The molecule has 7 nitrogen and oxygen atoms in total. The summed E-state index contributed by atoms with van der Waals surface area (Å²) in [6, 6.07) is 13.5. The second-order valence-corrected chi connectivity index (χ2v) is 10.1. The van der Waals surface area contributed by atoms with Gasteiger partial charge in [-0.05, 0) is 49.2 Å². The molecule has 4 rings (SSSR count). The smallest absolute Gasteiger partial charge is 0.252 e. The Morgan fingerprint density at radius 1 is 0.906 bits per heavy atom. The van der Waals surface area contributed by atoms with E-state index in [0.717, 1.165) is 30.6 Å². The number of amides is 2. The minimum atomic E-state index is -3.96. The molecular weight excluding hydrogens is 428 g/mol. The maximum absolute atomic E-state index is 13.7. The summed E-state index contributed by atoms with van der Waals surface area (Å²) >= 11 is 0. The molecule has 1 saturated carbocycles. The van der Waals surface area contributed by atoms with Crippen molar-refractivity contribution in [2.24, 2.45) is 0 Å². The van der Waals surface area contributed by atoms with Gasteiger partial charge in [0, 0.05) is 6.04 Å². The highest BCUT2D eigenvalue weighted by atomic mass is 32.2. The molecule has 2 aromatic rings. The molecule has 0 N–H and O–H groups in total. The van der Waals surface area contributed by atoms with Gasteiger partial charge >= 0.3 is 0 Å². The van der Waals surface area contributed by atoms with E-state index in [-0.39, 0.29) is 17.4 Å². The number of benzene rings is 2. The van der Waals surface area contributed by atoms with Crippen molar-refractivity contribution in [2.45, 2.75) is 61.9 Å². The number of carbonyl (C=O) groups excluding carboxylic acids is 2. The number of hydrogen-bond acceptors (Lipinski definition) is 5. The number of methoxy groups -OCH3 is 1. The molecule has 0 aromatic heterocycles. The molecule has 32 heavy (non-hydrogen) atoms. The fraction of sp³-hybridized carbons (Fsp3) is 0.417. The largest absolute Gasteiger partial charge is 0.497 e. The fourth-order valence-corrected chi connectivity index (χ4v) is 6.51. The van der Waals surface area contributed by atoms with E-state index in [1.807, 2.05) is 0 Å². The lowest BCUT2D eigenvalue weighted by molar-refractivity contribution is -0.122. The van der Waals surface area contributed by atoms with Crippen LogP contribution in [0.3, 0.4) is 0 Å². The zero-order valence-electron chi connectivity index (χ0n) is 18.1. The number of nitrogens with zero attached hydrogens (tertiary/aromatic N) is 2. The number of rotatable bonds is 6. The zero-order valence-corrected chi connectivity index (χ0v) is 19.0. The standard InChI is InChI=1S/C24H28N2O5S/c1-31-20-15-13-18(14-16-20)25-23(27)17-22(24(25)28)26(19-9-5-2-3-6-10-19)32(29,30)21-11-7-4-8-12-21/h4,7-8,11-16,19,22H,2-3,5-6,9-10,17H2,1H3. The second-order valence-electron chi connectivity index (χ2n) is 8.28. The van der Waals surface area contributed by atoms with Gasteiger partial charge in [-0.2, -0.15) is 4.31 Å². The van der Waals surface area contributed by atoms with Crippen LogP contribution in [0.5, 0.6) is 5.75 Å². The molecule has 2 fully saturated rings. The summed E-state index contributed by atoms with van der Waals surface area (Å²) in [6.07, 6.45) is 5.12. The van der Waals surface area contributed by atoms with Crippen molar-refractivity contribution >= 4 is 27.5 Å². The van der Waals surface area contributed by atoms with Crippen LogP contribution in [0.2, 0.25) is 0 Å².